The normalized spacial score (nSPS) is 13.3. The third-order valence-electron chi connectivity index (χ3n) is 4.66. The summed E-state index contributed by atoms with van der Waals surface area (Å²) in [5.74, 6) is 0. The molecule has 2 aromatic rings. The Morgan fingerprint density at radius 2 is 1.21 bits per heavy atom. The highest BCUT2D eigenvalue weighted by molar-refractivity contribution is 5.49. The Kier molecular flexibility index (Phi) is 6.80. The van der Waals surface area contributed by atoms with Gasteiger partial charge in [-0.05, 0) is 58.9 Å². The van der Waals surface area contributed by atoms with E-state index in [0.717, 1.165) is 24.8 Å². The molecule has 0 amide bonds. The van der Waals surface area contributed by atoms with Crippen molar-refractivity contribution in [3.05, 3.63) is 76.9 Å². The Hall–Kier alpha value is -2.03. The molecule has 3 heteroatoms. The minimum atomic E-state index is -4.28. The molecular formula is C25H31F3. The summed E-state index contributed by atoms with van der Waals surface area (Å²) in [5.41, 5.74) is 3.10. The fourth-order valence-electron chi connectivity index (χ4n) is 3.31. The van der Waals surface area contributed by atoms with Gasteiger partial charge in [-0.25, -0.2) is 0 Å². The molecule has 0 aliphatic carbocycles. The summed E-state index contributed by atoms with van der Waals surface area (Å²) in [6.07, 6.45) is 2.65. The third-order valence-corrected chi connectivity index (χ3v) is 4.66. The number of halogens is 3. The fraction of sp³-hybridized carbons (Fsp3) is 0.440. The zero-order valence-electron chi connectivity index (χ0n) is 17.5. The van der Waals surface area contributed by atoms with Crippen molar-refractivity contribution in [2.24, 2.45) is 10.8 Å². The quantitative estimate of drug-likeness (QED) is 0.471. The van der Waals surface area contributed by atoms with Crippen LogP contribution in [0, 0.1) is 10.8 Å². The van der Waals surface area contributed by atoms with Gasteiger partial charge in [0.2, 0.25) is 0 Å². The average molecular weight is 389 g/mol. The zero-order valence-corrected chi connectivity index (χ0v) is 17.5. The summed E-state index contributed by atoms with van der Waals surface area (Å²) in [5, 5.41) is 0. The Balaban J connectivity index is 1.93. The molecule has 0 fully saturated rings. The van der Waals surface area contributed by atoms with Crippen LogP contribution < -0.4 is 0 Å². The fourth-order valence-corrected chi connectivity index (χ4v) is 3.31. The Morgan fingerprint density at radius 3 is 1.71 bits per heavy atom. The van der Waals surface area contributed by atoms with E-state index in [4.69, 9.17) is 0 Å². The van der Waals surface area contributed by atoms with Crippen molar-refractivity contribution >= 4 is 6.08 Å². The standard InChI is InChI=1S/C25H31F3/c1-23(2,3)17-20-10-8-19(9-11-20)7-6-16-24(4,5)18-21-12-14-22(15-13-21)25(26,27)28/h6-15H,16-18H2,1-5H3/b7-6-. The molecule has 0 radical (unpaired) electrons. The second-order valence-electron chi connectivity index (χ2n) is 9.62. The second-order valence-corrected chi connectivity index (χ2v) is 9.62. The van der Waals surface area contributed by atoms with Gasteiger partial charge in [0.1, 0.15) is 0 Å². The van der Waals surface area contributed by atoms with Crippen molar-refractivity contribution in [3.8, 4) is 0 Å². The van der Waals surface area contributed by atoms with Crippen LogP contribution in [-0.2, 0) is 19.0 Å². The van der Waals surface area contributed by atoms with E-state index >= 15 is 0 Å². The van der Waals surface area contributed by atoms with Crippen molar-refractivity contribution < 1.29 is 13.2 Å². The maximum atomic E-state index is 12.7. The third kappa shape index (κ3) is 7.53. The highest BCUT2D eigenvalue weighted by atomic mass is 19.4. The summed E-state index contributed by atoms with van der Waals surface area (Å²) < 4.78 is 38.0. The van der Waals surface area contributed by atoms with Crippen molar-refractivity contribution in [3.63, 3.8) is 0 Å². The van der Waals surface area contributed by atoms with Crippen LogP contribution in [0.4, 0.5) is 13.2 Å². The average Bonchev–Trinajstić information content (AvgIpc) is 2.54. The van der Waals surface area contributed by atoms with Gasteiger partial charge < -0.3 is 0 Å². The molecular weight excluding hydrogens is 357 g/mol. The molecule has 0 N–H and O–H groups in total. The smallest absolute Gasteiger partial charge is 0.166 e. The van der Waals surface area contributed by atoms with E-state index in [1.165, 1.54) is 23.3 Å². The number of hydrogen-bond donors (Lipinski definition) is 0. The Morgan fingerprint density at radius 1 is 0.714 bits per heavy atom. The first kappa shape index (κ1) is 22.3. The van der Waals surface area contributed by atoms with Crippen LogP contribution in [0.5, 0.6) is 0 Å². The van der Waals surface area contributed by atoms with Crippen LogP contribution in [0.25, 0.3) is 6.08 Å². The summed E-state index contributed by atoms with van der Waals surface area (Å²) in [7, 11) is 0. The highest BCUT2D eigenvalue weighted by Gasteiger charge is 2.30. The minimum absolute atomic E-state index is 0.0254. The van der Waals surface area contributed by atoms with Crippen molar-refractivity contribution in [1.82, 2.24) is 0 Å². The first-order valence-electron chi connectivity index (χ1n) is 9.76. The Bertz CT molecular complexity index is 771. The molecule has 0 aliphatic heterocycles. The van der Waals surface area contributed by atoms with E-state index < -0.39 is 11.7 Å². The van der Waals surface area contributed by atoms with Gasteiger partial charge in [0, 0.05) is 0 Å². The maximum Gasteiger partial charge on any atom is 0.416 e. The topological polar surface area (TPSA) is 0 Å². The number of hydrogen-bond acceptors (Lipinski definition) is 0. The van der Waals surface area contributed by atoms with Crippen LogP contribution in [0.15, 0.2) is 54.6 Å². The van der Waals surface area contributed by atoms with E-state index in [2.05, 4.69) is 71.0 Å². The molecule has 152 valence electrons. The van der Waals surface area contributed by atoms with E-state index in [9.17, 15) is 13.2 Å². The number of rotatable bonds is 6. The first-order valence-corrected chi connectivity index (χ1v) is 9.76. The van der Waals surface area contributed by atoms with Gasteiger partial charge in [0.05, 0.1) is 5.56 Å². The molecule has 0 aliphatic rings. The molecule has 0 saturated carbocycles. The molecule has 0 saturated heterocycles. The maximum absolute atomic E-state index is 12.7. The predicted octanol–water partition coefficient (Wildman–Crippen LogP) is 7.97. The molecule has 2 aromatic carbocycles. The van der Waals surface area contributed by atoms with Crippen molar-refractivity contribution in [1.29, 1.82) is 0 Å². The molecule has 0 unspecified atom stereocenters. The van der Waals surface area contributed by atoms with Gasteiger partial charge in [-0.15, -0.1) is 0 Å². The van der Waals surface area contributed by atoms with Crippen LogP contribution in [-0.4, -0.2) is 0 Å². The molecule has 0 atom stereocenters. The van der Waals surface area contributed by atoms with Gasteiger partial charge in [0.25, 0.3) is 0 Å². The monoisotopic (exact) mass is 388 g/mol. The molecule has 0 heterocycles. The van der Waals surface area contributed by atoms with Crippen LogP contribution in [0.2, 0.25) is 0 Å². The number of allylic oxidation sites excluding steroid dienone is 1. The lowest BCUT2D eigenvalue weighted by Crippen LogP contribution is -2.14. The van der Waals surface area contributed by atoms with Crippen LogP contribution >= 0.6 is 0 Å². The van der Waals surface area contributed by atoms with E-state index in [1.807, 2.05) is 0 Å². The van der Waals surface area contributed by atoms with E-state index in [0.29, 0.717) is 0 Å². The van der Waals surface area contributed by atoms with Crippen molar-refractivity contribution in [2.45, 2.75) is 60.1 Å². The van der Waals surface area contributed by atoms with E-state index in [-0.39, 0.29) is 10.8 Å². The summed E-state index contributed by atoms with van der Waals surface area (Å²) in [6.45, 7) is 11.0. The zero-order chi connectivity index (χ0) is 21.0. The van der Waals surface area contributed by atoms with Crippen LogP contribution in [0.1, 0.15) is 63.3 Å². The molecule has 0 spiro atoms. The molecule has 0 bridgehead atoms. The predicted molar refractivity (Wildman–Crippen MR) is 112 cm³/mol. The lowest BCUT2D eigenvalue weighted by molar-refractivity contribution is -0.137. The first-order chi connectivity index (χ1) is 12.8. The largest absolute Gasteiger partial charge is 0.416 e. The van der Waals surface area contributed by atoms with Gasteiger partial charge in [-0.1, -0.05) is 83.2 Å². The lowest BCUT2D eigenvalue weighted by atomic mass is 9.82. The van der Waals surface area contributed by atoms with Gasteiger partial charge in [-0.2, -0.15) is 13.2 Å². The molecule has 28 heavy (non-hydrogen) atoms. The van der Waals surface area contributed by atoms with Gasteiger partial charge >= 0.3 is 6.18 Å². The van der Waals surface area contributed by atoms with Crippen LogP contribution in [0.3, 0.4) is 0 Å². The second kappa shape index (κ2) is 8.55. The minimum Gasteiger partial charge on any atom is -0.166 e. The molecule has 0 aromatic heterocycles. The van der Waals surface area contributed by atoms with Gasteiger partial charge in [-0.3, -0.25) is 0 Å². The SMILES string of the molecule is CC(C)(C)Cc1ccc(/C=C\CC(C)(C)Cc2ccc(C(F)(F)F)cc2)cc1. The van der Waals surface area contributed by atoms with Crippen molar-refractivity contribution in [2.75, 3.05) is 0 Å². The van der Waals surface area contributed by atoms with Gasteiger partial charge in [0.15, 0.2) is 0 Å². The summed E-state index contributed by atoms with van der Waals surface area (Å²) in [4.78, 5) is 0. The van der Waals surface area contributed by atoms with E-state index in [1.54, 1.807) is 12.1 Å². The summed E-state index contributed by atoms with van der Waals surface area (Å²) in [6, 6.07) is 14.1. The summed E-state index contributed by atoms with van der Waals surface area (Å²) >= 11 is 0. The highest BCUT2D eigenvalue weighted by Crippen LogP contribution is 2.31. The number of benzene rings is 2. The molecule has 2 rings (SSSR count). The number of alkyl halides is 3. The Labute approximate surface area is 167 Å². The lowest BCUT2D eigenvalue weighted by Gasteiger charge is -2.23. The molecule has 0 nitrogen and oxygen atoms in total.